The Hall–Kier alpha value is -5.11. The van der Waals surface area contributed by atoms with Crippen molar-refractivity contribution < 1.29 is 86.4 Å². The number of esters is 5. The molecule has 0 amide bonds. The molecule has 2 saturated carbocycles. The SMILES string of the molecule is COc1ccc(C2OC(C(=O)O[C@H]3C[C@@]4(O)[C@@H](OC(=O)c5ccccc5)[C@@H]5[C@]6(OC(C)=O)CO[C@@H]6C[C@H](OC(=O)C(Cl)(Cl)Cl)[C@@]5(C)C(=O)[C@H](OC(=O)C(Cl)(Cl)Cl)C(=C3C)C4(C)C)[C@H](c3ccccc3)N2Sc2ccccc2OON)c(OC)c1. The van der Waals surface area contributed by atoms with E-state index in [-0.39, 0.29) is 22.5 Å². The number of Topliss-reactive ketones (excluding diaryl/α,β-unsaturated/α-hetero) is 1. The molecule has 2 heterocycles. The molecule has 27 heteroatoms. The van der Waals surface area contributed by atoms with E-state index in [4.69, 9.17) is 123 Å². The number of methoxy groups -OCH3 is 2. The van der Waals surface area contributed by atoms with Crippen LogP contribution in [-0.2, 0) is 62.1 Å². The van der Waals surface area contributed by atoms with Gasteiger partial charge in [-0.3, -0.25) is 9.59 Å². The highest BCUT2D eigenvalue weighted by Crippen LogP contribution is 2.66. The van der Waals surface area contributed by atoms with Crippen LogP contribution in [0.5, 0.6) is 17.2 Å². The second kappa shape index (κ2) is 24.2. The van der Waals surface area contributed by atoms with Crippen LogP contribution >= 0.6 is 81.6 Å². The third kappa shape index (κ3) is 11.4. The van der Waals surface area contributed by atoms with Crippen molar-refractivity contribution >= 4 is 117 Å². The second-order valence-electron chi connectivity index (χ2n) is 21.3. The highest BCUT2D eigenvalue weighted by Gasteiger charge is 2.79. The van der Waals surface area contributed by atoms with Gasteiger partial charge in [-0.05, 0) is 78.9 Å². The Balaban J connectivity index is 1.26. The number of fused-ring (bicyclic) bond motifs is 5. The maximum atomic E-state index is 16.5. The van der Waals surface area contributed by atoms with Gasteiger partial charge in [0.05, 0.1) is 48.7 Å². The van der Waals surface area contributed by atoms with Crippen molar-refractivity contribution in [3.05, 3.63) is 131 Å². The first-order valence-corrected chi connectivity index (χ1v) is 28.9. The van der Waals surface area contributed by atoms with Crippen LogP contribution in [0.15, 0.2) is 119 Å². The molecule has 0 aromatic heterocycles. The van der Waals surface area contributed by atoms with E-state index in [0.29, 0.717) is 27.5 Å². The monoisotopic (exact) mass is 1300 g/mol. The molecule has 0 radical (unpaired) electrons. The third-order valence-electron chi connectivity index (χ3n) is 16.4. The van der Waals surface area contributed by atoms with Crippen LogP contribution < -0.4 is 20.3 Å². The zero-order valence-corrected chi connectivity index (χ0v) is 51.1. The zero-order chi connectivity index (χ0) is 61.1. The van der Waals surface area contributed by atoms with Crippen molar-refractivity contribution in [2.75, 3.05) is 20.8 Å². The predicted octanol–water partition coefficient (Wildman–Crippen LogP) is 9.52. The second-order valence-corrected chi connectivity index (χ2v) is 26.9. The highest BCUT2D eigenvalue weighted by molar-refractivity contribution is 7.97. The summed E-state index contributed by atoms with van der Waals surface area (Å²) in [5, 5.41) is 14.4. The zero-order valence-electron chi connectivity index (χ0n) is 45.7. The fourth-order valence-corrected chi connectivity index (χ4v) is 13.8. The Morgan fingerprint density at radius 2 is 1.43 bits per heavy atom. The van der Waals surface area contributed by atoms with Crippen LogP contribution in [0.4, 0.5) is 0 Å². The van der Waals surface area contributed by atoms with Crippen molar-refractivity contribution in [3.8, 4) is 17.2 Å². The summed E-state index contributed by atoms with van der Waals surface area (Å²) >= 11 is 38.0. The van der Waals surface area contributed by atoms with E-state index in [1.807, 2.05) is 0 Å². The minimum atomic E-state index is -2.87. The Morgan fingerprint density at radius 3 is 2.02 bits per heavy atom. The van der Waals surface area contributed by atoms with Crippen molar-refractivity contribution in [2.45, 2.75) is 120 Å². The molecule has 2 unspecified atom stereocenters. The lowest BCUT2D eigenvalue weighted by Gasteiger charge is -2.67. The molecule has 5 aliphatic rings. The van der Waals surface area contributed by atoms with Crippen molar-refractivity contribution in [3.63, 3.8) is 0 Å². The van der Waals surface area contributed by atoms with Gasteiger partial charge in [0.2, 0.25) is 0 Å². The summed E-state index contributed by atoms with van der Waals surface area (Å²) in [6.07, 6.45) is -12.9. The summed E-state index contributed by atoms with van der Waals surface area (Å²) in [5.41, 5.74) is -8.32. The summed E-state index contributed by atoms with van der Waals surface area (Å²) in [6, 6.07) is 27.2. The average molecular weight is 1300 g/mol. The Bertz CT molecular complexity index is 3240. The summed E-state index contributed by atoms with van der Waals surface area (Å²) in [5.74, 6) is -2.72. The number of alkyl halides is 6. The van der Waals surface area contributed by atoms with Crippen LogP contribution in [0, 0.1) is 16.7 Å². The number of carbonyl (C=O) groups is 6. The maximum Gasteiger partial charge on any atom is 0.359 e. The molecule has 3 aliphatic carbocycles. The molecule has 2 aliphatic heterocycles. The van der Waals surface area contributed by atoms with Crippen molar-refractivity contribution in [1.82, 2.24) is 4.31 Å². The topological polar surface area (TPSA) is 253 Å². The maximum absolute atomic E-state index is 16.5. The molecule has 0 spiro atoms. The smallest absolute Gasteiger partial charge is 0.359 e. The molecule has 2 bridgehead atoms. The minimum Gasteiger partial charge on any atom is -0.497 e. The Labute approximate surface area is 516 Å². The number of ether oxygens (including phenoxy) is 9. The van der Waals surface area contributed by atoms with E-state index in [9.17, 15) is 24.3 Å². The molecular weight excluding hydrogens is 1250 g/mol. The molecule has 2 saturated heterocycles. The molecule has 12 atom stereocenters. The molecule has 450 valence electrons. The lowest BCUT2D eigenvalue weighted by Crippen LogP contribution is -2.82. The minimum absolute atomic E-state index is 0.0237. The van der Waals surface area contributed by atoms with Gasteiger partial charge in [0.15, 0.2) is 35.6 Å². The number of nitrogens with zero attached hydrogens (tertiary/aromatic N) is 1. The number of rotatable bonds is 15. The van der Waals surface area contributed by atoms with E-state index in [0.717, 1.165) is 18.9 Å². The van der Waals surface area contributed by atoms with Gasteiger partial charge in [0.25, 0.3) is 7.59 Å². The van der Waals surface area contributed by atoms with E-state index in [1.54, 1.807) is 95.3 Å². The molecule has 4 aromatic rings. The van der Waals surface area contributed by atoms with Gasteiger partial charge >= 0.3 is 29.8 Å². The van der Waals surface area contributed by atoms with Gasteiger partial charge in [0, 0.05) is 36.8 Å². The number of ketones is 1. The van der Waals surface area contributed by atoms with Crippen LogP contribution in [0.25, 0.3) is 0 Å². The van der Waals surface area contributed by atoms with Crippen molar-refractivity contribution in [2.24, 2.45) is 22.6 Å². The number of para-hydroxylation sites is 1. The van der Waals surface area contributed by atoms with Gasteiger partial charge in [-0.25, -0.2) is 23.5 Å². The quantitative estimate of drug-likeness (QED) is 0.0214. The third-order valence-corrected chi connectivity index (χ3v) is 18.5. The number of aliphatic hydroxyl groups is 1. The summed E-state index contributed by atoms with van der Waals surface area (Å²) in [4.78, 5) is 99.1. The summed E-state index contributed by atoms with van der Waals surface area (Å²) in [7, 11) is 2.94. The first-order chi connectivity index (χ1) is 39.6. The van der Waals surface area contributed by atoms with Gasteiger partial charge in [-0.15, -0.1) is 0 Å². The molecule has 84 heavy (non-hydrogen) atoms. The van der Waals surface area contributed by atoms with Crippen molar-refractivity contribution in [1.29, 1.82) is 0 Å². The number of hydrogen-bond donors (Lipinski definition) is 2. The number of carbonyl (C=O) groups excluding carboxylic acids is 6. The van der Waals surface area contributed by atoms with Gasteiger partial charge in [0.1, 0.15) is 41.5 Å². The summed E-state index contributed by atoms with van der Waals surface area (Å²) < 4.78 is 52.0. The average Bonchev–Trinajstić information content (AvgIpc) is 0.794. The van der Waals surface area contributed by atoms with E-state index >= 15 is 9.59 Å². The molecular formula is C57H56Cl6N2O18S. The van der Waals surface area contributed by atoms with Crippen LogP contribution in [0.2, 0.25) is 0 Å². The number of benzene rings is 4. The first-order valence-electron chi connectivity index (χ1n) is 25.9. The number of hydrogen-bond acceptors (Lipinski definition) is 21. The fraction of sp³-hybridized carbons (Fsp3) is 0.439. The lowest BCUT2D eigenvalue weighted by molar-refractivity contribution is -0.346. The van der Waals surface area contributed by atoms with Gasteiger partial charge < -0.3 is 52.6 Å². The fourth-order valence-electron chi connectivity index (χ4n) is 12.4. The van der Waals surface area contributed by atoms with E-state index < -0.39 is 140 Å². The summed E-state index contributed by atoms with van der Waals surface area (Å²) in [6.45, 7) is 6.28. The highest BCUT2D eigenvalue weighted by atomic mass is 35.6. The predicted molar refractivity (Wildman–Crippen MR) is 304 cm³/mol. The number of nitrogens with two attached hydrogens (primary N) is 1. The lowest BCUT2D eigenvalue weighted by atomic mass is 9.44. The molecule has 3 N–H and O–H groups in total. The van der Waals surface area contributed by atoms with E-state index in [1.165, 1.54) is 54.0 Å². The molecule has 4 fully saturated rings. The molecule has 20 nitrogen and oxygen atoms in total. The normalized spacial score (nSPS) is 30.0. The van der Waals surface area contributed by atoms with Crippen LogP contribution in [0.1, 0.15) is 81.2 Å². The largest absolute Gasteiger partial charge is 0.497 e. The molecule has 4 aromatic carbocycles. The first kappa shape index (κ1) is 63.4. The van der Waals surface area contributed by atoms with Gasteiger partial charge in [-0.1, -0.05) is 149 Å². The van der Waals surface area contributed by atoms with Crippen LogP contribution in [0.3, 0.4) is 0 Å². The Morgan fingerprint density at radius 1 is 0.798 bits per heavy atom. The van der Waals surface area contributed by atoms with Gasteiger partial charge in [-0.2, -0.15) is 5.90 Å². The standard InChI is InChI=1S/C57H56Cl6N2O18S/c1-28-36(76-49(69)43-41(30-16-10-8-11-17-30)65(84-37-21-15-14-20-34(37)82-83-64)47(78-43)33-23-22-32(73-6)24-35(33)74-7)26-55(72)46(80-48(68)31-18-12-9-13-19-31)44-53(5,45(67)42(40(28)52(55,3)4)79-51(71)57(61,62)63)38(77-50(70)56(58,59)60)25-39-54(44,27-75-39)81-29(2)66/h8-24,36,38-39,41-44,46-47,72H,25-27,64H2,1-7H3/t36-,38-,39+,41-,42+,43?,44-,46-,47?,53+,54-,55+/m0/s1. The number of halogens is 6. The Kier molecular flexibility index (Phi) is 18.3. The van der Waals surface area contributed by atoms with Crippen LogP contribution in [-0.4, -0.2) is 121 Å². The molecule has 9 rings (SSSR count). The van der Waals surface area contributed by atoms with E-state index in [2.05, 4.69) is 4.99 Å².